The molecule has 0 aliphatic carbocycles. The molecule has 2 heterocycles. The Kier molecular flexibility index (Phi) is 4.36. The quantitative estimate of drug-likeness (QED) is 0.939. The van der Waals surface area contributed by atoms with Gasteiger partial charge in [0.2, 0.25) is 0 Å². The van der Waals surface area contributed by atoms with E-state index in [4.69, 9.17) is 0 Å². The fraction of sp³-hybridized carbons (Fsp3) is 0.471. The van der Waals surface area contributed by atoms with Gasteiger partial charge in [0, 0.05) is 24.6 Å². The van der Waals surface area contributed by atoms with Gasteiger partial charge in [-0.05, 0) is 49.5 Å². The topological polar surface area (TPSA) is 41.3 Å². The molecule has 1 fully saturated rings. The van der Waals surface area contributed by atoms with E-state index in [0.29, 0.717) is 0 Å². The maximum absolute atomic E-state index is 10.4. The number of piperidine rings is 1. The first kappa shape index (κ1) is 14.3. The van der Waals surface area contributed by atoms with Crippen molar-refractivity contribution in [2.24, 2.45) is 5.92 Å². The van der Waals surface area contributed by atoms with Crippen molar-refractivity contribution in [1.29, 1.82) is 0 Å². The van der Waals surface area contributed by atoms with Crippen molar-refractivity contribution in [1.82, 2.24) is 14.5 Å². The van der Waals surface area contributed by atoms with E-state index in [-0.39, 0.29) is 0 Å². The van der Waals surface area contributed by atoms with Crippen molar-refractivity contribution in [3.63, 3.8) is 0 Å². The Morgan fingerprint density at radius 3 is 2.57 bits per heavy atom. The first-order valence-corrected chi connectivity index (χ1v) is 7.71. The normalized spacial score (nSPS) is 18.8. The molecule has 0 radical (unpaired) electrons. The van der Waals surface area contributed by atoms with Crippen LogP contribution in [-0.4, -0.2) is 39.2 Å². The van der Waals surface area contributed by atoms with E-state index in [2.05, 4.69) is 16.8 Å². The number of β-amino-alcohol motifs (C(OH)–C–C–N with tert-alkyl or cyclic N) is 1. The molecule has 1 unspecified atom stereocenters. The third-order valence-electron chi connectivity index (χ3n) is 4.39. The highest BCUT2D eigenvalue weighted by Crippen LogP contribution is 2.21. The molecule has 112 valence electrons. The highest BCUT2D eigenvalue weighted by molar-refractivity contribution is 5.35. The van der Waals surface area contributed by atoms with Crippen LogP contribution < -0.4 is 0 Å². The number of nitrogens with zero attached hydrogens (tertiary/aromatic N) is 3. The van der Waals surface area contributed by atoms with Crippen LogP contribution in [0.25, 0.3) is 5.69 Å². The Bertz CT molecular complexity index is 542. The number of hydrogen-bond donors (Lipinski definition) is 1. The lowest BCUT2D eigenvalue weighted by molar-refractivity contribution is 0.0916. The Balaban J connectivity index is 1.61. The summed E-state index contributed by atoms with van der Waals surface area (Å²) in [5.74, 6) is 0.827. The summed E-state index contributed by atoms with van der Waals surface area (Å²) in [6.07, 6.45) is 7.54. The third-order valence-corrected chi connectivity index (χ3v) is 4.39. The molecular formula is C17H23N3O. The molecule has 1 aromatic carbocycles. The molecule has 1 aliphatic rings. The van der Waals surface area contributed by atoms with Gasteiger partial charge in [-0.2, -0.15) is 0 Å². The Hall–Kier alpha value is -1.65. The lowest BCUT2D eigenvalue weighted by atomic mass is 9.98. The summed E-state index contributed by atoms with van der Waals surface area (Å²) in [4.78, 5) is 6.42. The molecule has 4 heteroatoms. The van der Waals surface area contributed by atoms with Gasteiger partial charge in [0.25, 0.3) is 0 Å². The Morgan fingerprint density at radius 2 is 1.95 bits per heavy atom. The van der Waals surface area contributed by atoms with E-state index in [1.165, 1.54) is 12.8 Å². The van der Waals surface area contributed by atoms with Crippen LogP contribution in [0, 0.1) is 5.92 Å². The predicted molar refractivity (Wildman–Crippen MR) is 83.4 cm³/mol. The van der Waals surface area contributed by atoms with Crippen LogP contribution in [0.3, 0.4) is 0 Å². The number of aromatic nitrogens is 2. The zero-order valence-corrected chi connectivity index (χ0v) is 12.5. The van der Waals surface area contributed by atoms with Crippen LogP contribution in [0.1, 0.15) is 31.4 Å². The van der Waals surface area contributed by atoms with Crippen molar-refractivity contribution in [2.75, 3.05) is 19.6 Å². The maximum Gasteiger partial charge on any atom is 0.0991 e. The zero-order chi connectivity index (χ0) is 14.7. The van der Waals surface area contributed by atoms with Gasteiger partial charge in [0.05, 0.1) is 12.4 Å². The fourth-order valence-electron chi connectivity index (χ4n) is 2.88. The van der Waals surface area contributed by atoms with E-state index in [9.17, 15) is 5.11 Å². The van der Waals surface area contributed by atoms with Crippen LogP contribution in [0.2, 0.25) is 0 Å². The standard InChI is InChI=1S/C17H23N3O/c1-14-6-9-19(10-7-14)12-17(21)15-2-4-16(5-3-15)20-11-8-18-13-20/h2-5,8,11,13-14,17,21H,6-7,9-10,12H2,1H3. The van der Waals surface area contributed by atoms with Gasteiger partial charge in [0.15, 0.2) is 0 Å². The molecule has 2 aromatic rings. The van der Waals surface area contributed by atoms with Gasteiger partial charge in [-0.3, -0.25) is 0 Å². The van der Waals surface area contributed by atoms with Crippen LogP contribution >= 0.6 is 0 Å². The number of imidazole rings is 1. The summed E-state index contributed by atoms with van der Waals surface area (Å²) >= 11 is 0. The average Bonchev–Trinajstić information content (AvgIpc) is 3.04. The molecule has 1 N–H and O–H groups in total. The molecule has 0 spiro atoms. The van der Waals surface area contributed by atoms with Gasteiger partial charge < -0.3 is 14.6 Å². The lowest BCUT2D eigenvalue weighted by Gasteiger charge is -2.31. The van der Waals surface area contributed by atoms with Crippen molar-refractivity contribution in [3.8, 4) is 5.69 Å². The number of rotatable bonds is 4. The van der Waals surface area contributed by atoms with Crippen molar-refractivity contribution in [3.05, 3.63) is 48.5 Å². The smallest absolute Gasteiger partial charge is 0.0991 e. The Labute approximate surface area is 126 Å². The number of benzene rings is 1. The van der Waals surface area contributed by atoms with Crippen molar-refractivity contribution in [2.45, 2.75) is 25.9 Å². The van der Waals surface area contributed by atoms with Gasteiger partial charge >= 0.3 is 0 Å². The first-order valence-electron chi connectivity index (χ1n) is 7.71. The van der Waals surface area contributed by atoms with Gasteiger partial charge in [-0.1, -0.05) is 19.1 Å². The SMILES string of the molecule is CC1CCN(CC(O)c2ccc(-n3ccnc3)cc2)CC1. The maximum atomic E-state index is 10.4. The highest BCUT2D eigenvalue weighted by atomic mass is 16.3. The van der Waals surface area contributed by atoms with Gasteiger partial charge in [0.1, 0.15) is 0 Å². The second-order valence-corrected chi connectivity index (χ2v) is 6.06. The summed E-state index contributed by atoms with van der Waals surface area (Å²) in [7, 11) is 0. The summed E-state index contributed by atoms with van der Waals surface area (Å²) in [6.45, 7) is 5.25. The minimum atomic E-state index is -0.407. The van der Waals surface area contributed by atoms with Crippen molar-refractivity contribution < 1.29 is 5.11 Å². The summed E-state index contributed by atoms with van der Waals surface area (Å²) in [5.41, 5.74) is 2.05. The van der Waals surface area contributed by atoms with Gasteiger partial charge in [-0.25, -0.2) is 4.98 Å². The summed E-state index contributed by atoms with van der Waals surface area (Å²) in [5, 5.41) is 10.4. The lowest BCUT2D eigenvalue weighted by Crippen LogP contribution is -2.35. The molecule has 0 amide bonds. The molecule has 1 saturated heterocycles. The molecule has 1 aliphatic heterocycles. The molecule has 4 nitrogen and oxygen atoms in total. The molecule has 3 rings (SSSR count). The molecule has 0 saturated carbocycles. The van der Waals surface area contributed by atoms with Crippen molar-refractivity contribution >= 4 is 0 Å². The highest BCUT2D eigenvalue weighted by Gasteiger charge is 2.19. The van der Waals surface area contributed by atoms with Crippen LogP contribution in [-0.2, 0) is 0 Å². The number of aliphatic hydroxyl groups excluding tert-OH is 1. The molecule has 21 heavy (non-hydrogen) atoms. The van der Waals surface area contributed by atoms with Crippen LogP contribution in [0.4, 0.5) is 0 Å². The number of hydrogen-bond acceptors (Lipinski definition) is 3. The van der Waals surface area contributed by atoms with E-state index in [0.717, 1.165) is 36.8 Å². The largest absolute Gasteiger partial charge is 0.387 e. The molecular weight excluding hydrogens is 262 g/mol. The number of likely N-dealkylation sites (tertiary alicyclic amines) is 1. The second-order valence-electron chi connectivity index (χ2n) is 6.06. The third kappa shape index (κ3) is 3.52. The summed E-state index contributed by atoms with van der Waals surface area (Å²) in [6, 6.07) is 8.07. The van der Waals surface area contributed by atoms with E-state index < -0.39 is 6.10 Å². The van der Waals surface area contributed by atoms with E-state index >= 15 is 0 Å². The van der Waals surface area contributed by atoms with Crippen LogP contribution in [0.15, 0.2) is 43.0 Å². The molecule has 1 atom stereocenters. The Morgan fingerprint density at radius 1 is 1.24 bits per heavy atom. The average molecular weight is 285 g/mol. The predicted octanol–water partition coefficient (Wildman–Crippen LogP) is 2.64. The fourth-order valence-corrected chi connectivity index (χ4v) is 2.88. The molecule has 1 aromatic heterocycles. The van der Waals surface area contributed by atoms with Crippen LogP contribution in [0.5, 0.6) is 0 Å². The second kappa shape index (κ2) is 6.41. The monoisotopic (exact) mass is 285 g/mol. The van der Waals surface area contributed by atoms with E-state index in [1.807, 2.05) is 35.0 Å². The van der Waals surface area contributed by atoms with E-state index in [1.54, 1.807) is 12.5 Å². The zero-order valence-electron chi connectivity index (χ0n) is 12.5. The molecule has 0 bridgehead atoms. The number of aliphatic hydroxyl groups is 1. The van der Waals surface area contributed by atoms with Gasteiger partial charge in [-0.15, -0.1) is 0 Å². The minimum Gasteiger partial charge on any atom is -0.387 e. The minimum absolute atomic E-state index is 0.407. The summed E-state index contributed by atoms with van der Waals surface area (Å²) < 4.78 is 1.96. The first-order chi connectivity index (χ1) is 10.2.